The maximum Gasteiger partial charge on any atom is 0.248 e. The lowest BCUT2D eigenvalue weighted by molar-refractivity contribution is 0.0834. The van der Waals surface area contributed by atoms with Crippen molar-refractivity contribution in [3.8, 4) is 5.75 Å². The lowest BCUT2D eigenvalue weighted by atomic mass is 9.92. The van der Waals surface area contributed by atoms with Gasteiger partial charge in [0.2, 0.25) is 5.56 Å². The van der Waals surface area contributed by atoms with E-state index in [0.717, 1.165) is 61.8 Å². The van der Waals surface area contributed by atoms with E-state index in [1.165, 1.54) is 12.1 Å². The van der Waals surface area contributed by atoms with Gasteiger partial charge in [0.05, 0.1) is 23.2 Å². The van der Waals surface area contributed by atoms with E-state index in [1.807, 2.05) is 22.9 Å². The van der Waals surface area contributed by atoms with E-state index >= 15 is 0 Å². The van der Waals surface area contributed by atoms with Gasteiger partial charge in [-0.3, -0.25) is 4.79 Å². The molecule has 5 N–H and O–H groups in total. The molecular weight excluding hydrogens is 484 g/mol. The van der Waals surface area contributed by atoms with Gasteiger partial charge in [-0.15, -0.1) is 5.10 Å². The third-order valence-electron chi connectivity index (χ3n) is 7.68. The lowest BCUT2D eigenvalue weighted by Crippen LogP contribution is -2.37. The first-order valence-electron chi connectivity index (χ1n) is 13.3. The SMILES string of the molecule is CN(CCCn1nnc2cc(CNC[C@H](O)c3ccc(O)c4[nH]c(=O)ccc34)ccc21)[C@H]1CC[C@H](O)CC1. The molecule has 10 heteroatoms. The summed E-state index contributed by atoms with van der Waals surface area (Å²) in [7, 11) is 2.17. The quantitative estimate of drug-likeness (QED) is 0.215. The van der Waals surface area contributed by atoms with Crippen LogP contribution in [-0.4, -0.2) is 72.5 Å². The first kappa shape index (κ1) is 26.3. The highest BCUT2D eigenvalue weighted by Crippen LogP contribution is 2.28. The maximum atomic E-state index is 11.6. The van der Waals surface area contributed by atoms with Crippen molar-refractivity contribution >= 4 is 21.9 Å². The molecule has 2 aromatic heterocycles. The van der Waals surface area contributed by atoms with Crippen LogP contribution in [0.4, 0.5) is 0 Å². The van der Waals surface area contributed by atoms with Crippen molar-refractivity contribution in [1.82, 2.24) is 30.2 Å². The molecule has 0 unspecified atom stereocenters. The Balaban J connectivity index is 1.14. The average molecular weight is 521 g/mol. The number of nitrogens with zero attached hydrogens (tertiary/aromatic N) is 4. The molecule has 10 nitrogen and oxygen atoms in total. The fraction of sp³-hybridized carbons (Fsp3) is 0.464. The van der Waals surface area contributed by atoms with Gasteiger partial charge in [0.15, 0.2) is 0 Å². The number of aryl methyl sites for hydroxylation is 1. The number of aromatic amines is 1. The van der Waals surface area contributed by atoms with Crippen LogP contribution in [0, 0.1) is 0 Å². The Bertz CT molecular complexity index is 1440. The molecule has 0 radical (unpaired) electrons. The van der Waals surface area contributed by atoms with E-state index in [9.17, 15) is 20.1 Å². The summed E-state index contributed by atoms with van der Waals surface area (Å²) in [5.41, 5.74) is 3.53. The zero-order chi connectivity index (χ0) is 26.6. The molecule has 0 saturated heterocycles. The second kappa shape index (κ2) is 11.6. The number of aromatic nitrogens is 4. The fourth-order valence-corrected chi connectivity index (χ4v) is 5.46. The second-order valence-electron chi connectivity index (χ2n) is 10.4. The molecule has 1 fully saturated rings. The topological polar surface area (TPSA) is 140 Å². The van der Waals surface area contributed by atoms with Crippen LogP contribution in [0.5, 0.6) is 5.75 Å². The molecule has 202 valence electrons. The molecule has 2 heterocycles. The number of hydrogen-bond acceptors (Lipinski definition) is 8. The number of benzene rings is 2. The lowest BCUT2D eigenvalue weighted by Gasteiger charge is -2.33. The number of nitrogens with one attached hydrogen (secondary N) is 2. The van der Waals surface area contributed by atoms with Crippen LogP contribution in [0.25, 0.3) is 21.9 Å². The summed E-state index contributed by atoms with van der Waals surface area (Å²) in [6, 6.07) is 12.8. The molecule has 0 bridgehead atoms. The molecule has 1 atom stereocenters. The largest absolute Gasteiger partial charge is 0.506 e. The standard InChI is InChI=1S/C28H36N6O4/c1-33(19-4-6-20(35)7-5-19)13-2-14-34-24-10-3-18(15-23(24)31-32-34)16-29-17-26(37)21-8-11-25(36)28-22(21)9-12-27(38)30-28/h3,8-12,15,19-20,26,29,35-37H,2,4-7,13-14,16-17H2,1H3,(H,30,38)/t19-,20-,26-/m0/s1. The fourth-order valence-electron chi connectivity index (χ4n) is 5.46. The van der Waals surface area contributed by atoms with Crippen molar-refractivity contribution in [2.75, 3.05) is 20.1 Å². The molecule has 0 spiro atoms. The molecular formula is C28H36N6O4. The minimum Gasteiger partial charge on any atom is -0.506 e. The third kappa shape index (κ3) is 5.88. The molecule has 2 aromatic carbocycles. The molecule has 5 rings (SSSR count). The number of phenols is 1. The third-order valence-corrected chi connectivity index (χ3v) is 7.68. The minimum atomic E-state index is -0.814. The smallest absolute Gasteiger partial charge is 0.248 e. The number of phenolic OH excluding ortho intramolecular Hbond substituents is 1. The Morgan fingerprint density at radius 1 is 1.16 bits per heavy atom. The molecule has 1 aliphatic carbocycles. The van der Waals surface area contributed by atoms with Crippen LogP contribution in [0.2, 0.25) is 0 Å². The normalized spacial score (nSPS) is 18.9. The van der Waals surface area contributed by atoms with Gasteiger partial charge in [0.25, 0.3) is 0 Å². The van der Waals surface area contributed by atoms with Crippen molar-refractivity contribution < 1.29 is 15.3 Å². The Labute approximate surface area is 220 Å². The number of aromatic hydroxyl groups is 1. The number of rotatable bonds is 10. The van der Waals surface area contributed by atoms with Gasteiger partial charge in [-0.2, -0.15) is 0 Å². The average Bonchev–Trinajstić information content (AvgIpc) is 3.31. The van der Waals surface area contributed by atoms with Crippen molar-refractivity contribution in [3.05, 3.63) is 63.9 Å². The highest BCUT2D eigenvalue weighted by atomic mass is 16.3. The first-order valence-corrected chi connectivity index (χ1v) is 13.3. The predicted octanol–water partition coefficient (Wildman–Crippen LogP) is 2.43. The summed E-state index contributed by atoms with van der Waals surface area (Å²) < 4.78 is 1.95. The van der Waals surface area contributed by atoms with Gasteiger partial charge < -0.3 is 30.5 Å². The van der Waals surface area contributed by atoms with Crippen molar-refractivity contribution in [2.24, 2.45) is 0 Å². The number of aliphatic hydroxyl groups is 2. The van der Waals surface area contributed by atoms with Crippen LogP contribution >= 0.6 is 0 Å². The highest BCUT2D eigenvalue weighted by Gasteiger charge is 2.22. The van der Waals surface area contributed by atoms with Gasteiger partial charge in [0.1, 0.15) is 11.3 Å². The van der Waals surface area contributed by atoms with Crippen molar-refractivity contribution in [2.45, 2.75) is 63.4 Å². The van der Waals surface area contributed by atoms with E-state index in [1.54, 1.807) is 12.1 Å². The van der Waals surface area contributed by atoms with Crippen LogP contribution in [-0.2, 0) is 13.1 Å². The Morgan fingerprint density at radius 3 is 2.79 bits per heavy atom. The zero-order valence-corrected chi connectivity index (χ0v) is 21.7. The second-order valence-corrected chi connectivity index (χ2v) is 10.4. The molecule has 1 aliphatic rings. The van der Waals surface area contributed by atoms with E-state index in [2.05, 4.69) is 32.6 Å². The van der Waals surface area contributed by atoms with Gasteiger partial charge in [-0.1, -0.05) is 17.3 Å². The molecule has 0 aliphatic heterocycles. The van der Waals surface area contributed by atoms with Gasteiger partial charge >= 0.3 is 0 Å². The van der Waals surface area contributed by atoms with Crippen LogP contribution in [0.15, 0.2) is 47.3 Å². The minimum absolute atomic E-state index is 0.0278. The highest BCUT2D eigenvalue weighted by molar-refractivity contribution is 5.87. The zero-order valence-electron chi connectivity index (χ0n) is 21.7. The Morgan fingerprint density at radius 2 is 1.97 bits per heavy atom. The number of fused-ring (bicyclic) bond motifs is 2. The van der Waals surface area contributed by atoms with E-state index in [-0.39, 0.29) is 17.4 Å². The Kier molecular flexibility index (Phi) is 8.04. The number of aliphatic hydroxyl groups excluding tert-OH is 2. The van der Waals surface area contributed by atoms with Crippen LogP contribution in [0.1, 0.15) is 49.3 Å². The number of pyridine rings is 1. The number of hydrogen-bond donors (Lipinski definition) is 5. The van der Waals surface area contributed by atoms with Crippen LogP contribution in [0.3, 0.4) is 0 Å². The summed E-state index contributed by atoms with van der Waals surface area (Å²) in [6.07, 6.45) is 3.96. The van der Waals surface area contributed by atoms with E-state index in [0.29, 0.717) is 35.6 Å². The summed E-state index contributed by atoms with van der Waals surface area (Å²) in [4.78, 5) is 16.7. The van der Waals surface area contributed by atoms with Gasteiger partial charge in [-0.05, 0) is 81.1 Å². The summed E-state index contributed by atoms with van der Waals surface area (Å²) in [5.74, 6) is -0.0278. The molecule has 0 amide bonds. The van der Waals surface area contributed by atoms with Gasteiger partial charge in [0, 0.05) is 37.1 Å². The van der Waals surface area contributed by atoms with E-state index in [4.69, 9.17) is 0 Å². The van der Waals surface area contributed by atoms with Gasteiger partial charge in [-0.25, -0.2) is 4.68 Å². The van der Waals surface area contributed by atoms with Crippen LogP contribution < -0.4 is 10.9 Å². The monoisotopic (exact) mass is 520 g/mol. The summed E-state index contributed by atoms with van der Waals surface area (Å²) in [5, 5.41) is 43.2. The van der Waals surface area contributed by atoms with Crippen molar-refractivity contribution in [3.63, 3.8) is 0 Å². The summed E-state index contributed by atoms with van der Waals surface area (Å²) >= 11 is 0. The molecule has 4 aromatic rings. The Hall–Kier alpha value is -3.31. The predicted molar refractivity (Wildman–Crippen MR) is 146 cm³/mol. The number of H-pyrrole nitrogens is 1. The summed E-state index contributed by atoms with van der Waals surface area (Å²) in [6.45, 7) is 2.63. The van der Waals surface area contributed by atoms with E-state index < -0.39 is 6.10 Å². The molecule has 38 heavy (non-hydrogen) atoms. The maximum absolute atomic E-state index is 11.6. The molecule has 1 saturated carbocycles. The van der Waals surface area contributed by atoms with Crippen molar-refractivity contribution in [1.29, 1.82) is 0 Å². The first-order chi connectivity index (χ1) is 18.4.